The molecule has 0 radical (unpaired) electrons. The molecule has 28 heavy (non-hydrogen) atoms. The number of fused-ring (bicyclic) bond motifs is 1. The molecule has 0 saturated heterocycles. The van der Waals surface area contributed by atoms with Crippen LogP contribution in [-0.2, 0) is 4.79 Å². The second kappa shape index (κ2) is 7.12. The van der Waals surface area contributed by atoms with E-state index < -0.39 is 11.8 Å². The molecule has 0 bridgehead atoms. The molecule has 3 aromatic carbocycles. The molecule has 4 rings (SSSR count). The summed E-state index contributed by atoms with van der Waals surface area (Å²) in [6, 6.07) is 19.6. The summed E-state index contributed by atoms with van der Waals surface area (Å²) < 4.78 is 18.6. The van der Waals surface area contributed by atoms with E-state index in [4.69, 9.17) is 4.74 Å². The van der Waals surface area contributed by atoms with E-state index in [9.17, 15) is 14.0 Å². The number of methoxy groups -OCH3 is 1. The molecule has 4 nitrogen and oxygen atoms in total. The highest BCUT2D eigenvalue weighted by Crippen LogP contribution is 2.37. The average molecular weight is 373 g/mol. The van der Waals surface area contributed by atoms with Crippen LogP contribution in [0.3, 0.4) is 0 Å². The Labute approximate surface area is 161 Å². The van der Waals surface area contributed by atoms with E-state index in [0.717, 1.165) is 4.90 Å². The summed E-state index contributed by atoms with van der Waals surface area (Å²) in [7, 11) is 1.49. The van der Waals surface area contributed by atoms with Crippen LogP contribution in [0.4, 0.5) is 10.1 Å². The third kappa shape index (κ3) is 2.97. The Balaban J connectivity index is 1.91. The van der Waals surface area contributed by atoms with Gasteiger partial charge in [0.1, 0.15) is 11.6 Å². The van der Waals surface area contributed by atoms with Gasteiger partial charge in [0.15, 0.2) is 0 Å². The fraction of sp³-hybridized carbons (Fsp3) is 0.0435. The van der Waals surface area contributed by atoms with Gasteiger partial charge in [-0.2, -0.15) is 0 Å². The van der Waals surface area contributed by atoms with Crippen molar-refractivity contribution in [3.63, 3.8) is 0 Å². The molecule has 1 aliphatic heterocycles. The number of carbonyl (C=O) groups excluding carboxylic acids is 2. The van der Waals surface area contributed by atoms with E-state index >= 15 is 0 Å². The Bertz CT molecular complexity index is 1100. The van der Waals surface area contributed by atoms with E-state index in [1.807, 2.05) is 0 Å². The van der Waals surface area contributed by atoms with Gasteiger partial charge in [-0.3, -0.25) is 9.59 Å². The molecule has 0 atom stereocenters. The molecule has 0 aliphatic carbocycles. The van der Waals surface area contributed by atoms with Gasteiger partial charge in [0.25, 0.3) is 11.8 Å². The molecule has 2 amide bonds. The Morgan fingerprint density at radius 2 is 1.46 bits per heavy atom. The predicted octanol–water partition coefficient (Wildman–Crippen LogP) is 4.56. The molecule has 5 heteroatoms. The lowest BCUT2D eigenvalue weighted by Crippen LogP contribution is -2.42. The normalized spacial score (nSPS) is 14.9. The van der Waals surface area contributed by atoms with Crippen molar-refractivity contribution < 1.29 is 18.7 Å². The number of hydrogen-bond acceptors (Lipinski definition) is 3. The number of para-hydroxylation sites is 2. The minimum atomic E-state index is -0.461. The summed E-state index contributed by atoms with van der Waals surface area (Å²) in [5.74, 6) is -0.813. The number of nitrogens with zero attached hydrogens (tertiary/aromatic N) is 1. The molecule has 0 fully saturated rings. The zero-order valence-corrected chi connectivity index (χ0v) is 15.1. The van der Waals surface area contributed by atoms with Crippen LogP contribution in [-0.4, -0.2) is 18.9 Å². The van der Waals surface area contributed by atoms with Crippen molar-refractivity contribution in [1.29, 1.82) is 0 Å². The highest BCUT2D eigenvalue weighted by molar-refractivity contribution is 6.43. The van der Waals surface area contributed by atoms with E-state index in [1.165, 1.54) is 19.2 Å². The smallest absolute Gasteiger partial charge is 0.266 e. The van der Waals surface area contributed by atoms with Gasteiger partial charge in [0.05, 0.1) is 12.8 Å². The van der Waals surface area contributed by atoms with Crippen molar-refractivity contribution in [2.75, 3.05) is 12.0 Å². The van der Waals surface area contributed by atoms with Gasteiger partial charge in [-0.05, 0) is 47.5 Å². The zero-order valence-electron chi connectivity index (χ0n) is 15.1. The molecule has 0 N–H and O–H groups in total. The minimum absolute atomic E-state index is 0.354. The molecule has 0 unspecified atom stereocenters. The number of ether oxygens (including phenoxy) is 1. The highest BCUT2D eigenvalue weighted by atomic mass is 19.1. The maximum atomic E-state index is 13.3. The monoisotopic (exact) mass is 373 g/mol. The largest absolute Gasteiger partial charge is 0.495 e. The number of anilines is 1. The Kier molecular flexibility index (Phi) is 4.49. The van der Waals surface area contributed by atoms with Gasteiger partial charge >= 0.3 is 0 Å². The van der Waals surface area contributed by atoms with Crippen molar-refractivity contribution in [3.05, 3.63) is 95.3 Å². The molecular weight excluding hydrogens is 357 g/mol. The third-order valence-electron chi connectivity index (χ3n) is 4.59. The van der Waals surface area contributed by atoms with Crippen LogP contribution in [0.25, 0.3) is 11.6 Å². The van der Waals surface area contributed by atoms with Gasteiger partial charge in [-0.25, -0.2) is 9.29 Å². The second-order valence-corrected chi connectivity index (χ2v) is 6.27. The maximum Gasteiger partial charge on any atom is 0.266 e. The summed E-state index contributed by atoms with van der Waals surface area (Å²) >= 11 is 0. The Morgan fingerprint density at radius 3 is 2.18 bits per heavy atom. The number of carbonyl (C=O) groups is 2. The maximum absolute atomic E-state index is 13.3. The van der Waals surface area contributed by atoms with E-state index in [1.54, 1.807) is 66.7 Å². The van der Waals surface area contributed by atoms with Crippen LogP contribution < -0.4 is 9.64 Å². The van der Waals surface area contributed by atoms with Crippen LogP contribution in [0, 0.1) is 5.82 Å². The van der Waals surface area contributed by atoms with Crippen molar-refractivity contribution in [3.8, 4) is 5.75 Å². The molecular formula is C23H16FNO3. The number of hydrogen-bond donors (Lipinski definition) is 0. The fourth-order valence-corrected chi connectivity index (χ4v) is 3.25. The number of halogens is 1. The summed E-state index contributed by atoms with van der Waals surface area (Å²) in [4.78, 5) is 27.6. The molecule has 3 aromatic rings. The van der Waals surface area contributed by atoms with Gasteiger partial charge in [0.2, 0.25) is 0 Å². The average Bonchev–Trinajstić information content (AvgIpc) is 2.73. The molecule has 1 aliphatic rings. The topological polar surface area (TPSA) is 46.6 Å². The Morgan fingerprint density at radius 1 is 0.821 bits per heavy atom. The SMILES string of the molecule is COc1ccccc1N1C(=O)/C(=C/c2ccc(F)cc2)c2ccccc2C1=O. The van der Waals surface area contributed by atoms with Gasteiger partial charge in [0, 0.05) is 11.1 Å². The van der Waals surface area contributed by atoms with Crippen molar-refractivity contribution in [2.45, 2.75) is 0 Å². The quantitative estimate of drug-likeness (QED) is 0.499. The second-order valence-electron chi connectivity index (χ2n) is 6.27. The van der Waals surface area contributed by atoms with Crippen molar-refractivity contribution >= 4 is 29.2 Å². The van der Waals surface area contributed by atoms with E-state index in [0.29, 0.717) is 33.7 Å². The van der Waals surface area contributed by atoms with Gasteiger partial charge in [-0.15, -0.1) is 0 Å². The first-order valence-electron chi connectivity index (χ1n) is 8.68. The summed E-state index contributed by atoms with van der Waals surface area (Å²) in [5.41, 5.74) is 2.36. The summed E-state index contributed by atoms with van der Waals surface area (Å²) in [5, 5.41) is 0. The first kappa shape index (κ1) is 17.7. The zero-order chi connectivity index (χ0) is 19.7. The van der Waals surface area contributed by atoms with Crippen LogP contribution in [0.2, 0.25) is 0 Å². The lowest BCUT2D eigenvalue weighted by molar-refractivity contribution is -0.112. The van der Waals surface area contributed by atoms with Gasteiger partial charge in [-0.1, -0.05) is 42.5 Å². The number of rotatable bonds is 3. The third-order valence-corrected chi connectivity index (χ3v) is 4.59. The van der Waals surface area contributed by atoms with Crippen molar-refractivity contribution in [2.24, 2.45) is 0 Å². The lowest BCUT2D eigenvalue weighted by atomic mass is 9.91. The van der Waals surface area contributed by atoms with Crippen molar-refractivity contribution in [1.82, 2.24) is 0 Å². The number of benzene rings is 3. The lowest BCUT2D eigenvalue weighted by Gasteiger charge is -2.29. The molecule has 1 heterocycles. The summed E-state index contributed by atoms with van der Waals surface area (Å²) in [6.45, 7) is 0. The van der Waals surface area contributed by atoms with E-state index in [-0.39, 0.29) is 5.82 Å². The van der Waals surface area contributed by atoms with Gasteiger partial charge < -0.3 is 4.74 Å². The molecule has 0 saturated carbocycles. The summed E-state index contributed by atoms with van der Waals surface area (Å²) in [6.07, 6.45) is 1.66. The molecule has 0 aromatic heterocycles. The predicted molar refractivity (Wildman–Crippen MR) is 106 cm³/mol. The molecule has 138 valence electrons. The number of amides is 2. The van der Waals surface area contributed by atoms with E-state index in [2.05, 4.69) is 0 Å². The fourth-order valence-electron chi connectivity index (χ4n) is 3.25. The highest BCUT2D eigenvalue weighted by Gasteiger charge is 2.36. The minimum Gasteiger partial charge on any atom is -0.495 e. The number of imide groups is 1. The van der Waals surface area contributed by atoms with Crippen LogP contribution in [0.15, 0.2) is 72.8 Å². The van der Waals surface area contributed by atoms with Crippen LogP contribution in [0.1, 0.15) is 21.5 Å². The molecule has 0 spiro atoms. The van der Waals surface area contributed by atoms with Crippen LogP contribution in [0.5, 0.6) is 5.75 Å². The first-order valence-corrected chi connectivity index (χ1v) is 8.68. The first-order chi connectivity index (χ1) is 13.6. The van der Waals surface area contributed by atoms with Crippen LogP contribution >= 0.6 is 0 Å². The standard InChI is InChI=1S/C23H16FNO3/c1-28-21-9-5-4-8-20(21)25-22(26)18-7-3-2-6-17(18)19(23(25)27)14-15-10-12-16(24)13-11-15/h2-14H,1H3/b19-14+. The Hall–Kier alpha value is -3.73.